The molecule has 1 fully saturated rings. The number of nitrogens with zero attached hydrogens (tertiary/aromatic N) is 3. The highest BCUT2D eigenvalue weighted by atomic mass is 32.2. The Morgan fingerprint density at radius 1 is 1.26 bits per heavy atom. The van der Waals surface area contributed by atoms with Gasteiger partial charge in [-0.3, -0.25) is 14.2 Å². The van der Waals surface area contributed by atoms with E-state index in [1.807, 2.05) is 18.2 Å². The molecule has 0 atom stereocenters. The number of aryl methyl sites for hydroxylation is 1. The van der Waals surface area contributed by atoms with Crippen LogP contribution in [0.3, 0.4) is 0 Å². The molecule has 0 aliphatic carbocycles. The van der Waals surface area contributed by atoms with Crippen LogP contribution in [0.5, 0.6) is 5.75 Å². The van der Waals surface area contributed by atoms with Crippen molar-refractivity contribution in [3.8, 4) is 5.75 Å². The predicted molar refractivity (Wildman–Crippen MR) is 131 cm³/mol. The highest BCUT2D eigenvalue weighted by Gasteiger charge is 2.33. The Kier molecular flexibility index (Phi) is 7.06. The second-order valence-corrected chi connectivity index (χ2v) is 11.6. The highest BCUT2D eigenvalue weighted by Crippen LogP contribution is 2.34. The van der Waals surface area contributed by atoms with Gasteiger partial charge in [-0.05, 0) is 31.7 Å². The number of benzene rings is 1. The van der Waals surface area contributed by atoms with Gasteiger partial charge in [-0.1, -0.05) is 25.1 Å². The summed E-state index contributed by atoms with van der Waals surface area (Å²) in [6, 6.07) is 7.32. The van der Waals surface area contributed by atoms with E-state index in [-0.39, 0.29) is 23.4 Å². The molecule has 0 bridgehead atoms. The molecule has 1 amide bonds. The molecule has 0 spiro atoms. The number of piperidine rings is 1. The molecular formula is C23H28N4O5S2. The van der Waals surface area contributed by atoms with Crippen LogP contribution in [0.2, 0.25) is 0 Å². The molecular weight excluding hydrogens is 476 g/mol. The number of rotatable bonds is 7. The van der Waals surface area contributed by atoms with Gasteiger partial charge in [0.2, 0.25) is 15.9 Å². The van der Waals surface area contributed by atoms with E-state index in [0.29, 0.717) is 34.5 Å². The number of amides is 1. The summed E-state index contributed by atoms with van der Waals surface area (Å²) in [4.78, 5) is 31.1. The second kappa shape index (κ2) is 9.85. The van der Waals surface area contributed by atoms with Gasteiger partial charge in [0.25, 0.3) is 5.56 Å². The van der Waals surface area contributed by atoms with E-state index in [9.17, 15) is 18.0 Å². The molecule has 0 saturated carbocycles. The van der Waals surface area contributed by atoms with Crippen LogP contribution in [0.15, 0.2) is 40.3 Å². The minimum Gasteiger partial charge on any atom is -0.496 e. The van der Waals surface area contributed by atoms with Crippen molar-refractivity contribution in [2.24, 2.45) is 5.92 Å². The van der Waals surface area contributed by atoms with Gasteiger partial charge in [-0.2, -0.15) is 4.31 Å². The fraction of sp³-hybridized carbons (Fsp3) is 0.435. The van der Waals surface area contributed by atoms with E-state index < -0.39 is 21.5 Å². The number of hydrogen-bond acceptors (Lipinski definition) is 7. The number of methoxy groups -OCH3 is 1. The van der Waals surface area contributed by atoms with Gasteiger partial charge < -0.3 is 10.1 Å². The van der Waals surface area contributed by atoms with Crippen LogP contribution < -0.4 is 15.6 Å². The molecule has 3 heterocycles. The first-order chi connectivity index (χ1) is 16.2. The van der Waals surface area contributed by atoms with Crippen LogP contribution in [0.4, 0.5) is 0 Å². The Morgan fingerprint density at radius 3 is 2.68 bits per heavy atom. The third-order valence-corrected chi connectivity index (χ3v) is 9.34. The summed E-state index contributed by atoms with van der Waals surface area (Å²) in [7, 11) is -2.29. The molecule has 11 heteroatoms. The standard InChI is InChI=1S/C23H28N4O5S2/c1-15-8-10-27(11-9-15)34(30,31)21-16(2)33-22-20(21)23(29)26(14-25-22)13-19(28)24-12-17-6-4-5-7-18(17)32-3/h4-7,14-15H,8-13H2,1-3H3,(H,24,28). The largest absolute Gasteiger partial charge is 0.496 e. The van der Waals surface area contributed by atoms with Crippen LogP contribution in [0.1, 0.15) is 30.2 Å². The maximum atomic E-state index is 13.5. The third kappa shape index (κ3) is 4.73. The van der Waals surface area contributed by atoms with Crippen molar-refractivity contribution in [2.75, 3.05) is 20.2 Å². The van der Waals surface area contributed by atoms with Crippen LogP contribution in [0, 0.1) is 12.8 Å². The first kappa shape index (κ1) is 24.4. The Bertz CT molecular complexity index is 1370. The summed E-state index contributed by atoms with van der Waals surface area (Å²) < 4.78 is 34.8. The van der Waals surface area contributed by atoms with Gasteiger partial charge in [0.05, 0.1) is 18.8 Å². The lowest BCUT2D eigenvalue weighted by molar-refractivity contribution is -0.121. The first-order valence-electron chi connectivity index (χ1n) is 11.1. The van der Waals surface area contributed by atoms with Gasteiger partial charge in [-0.25, -0.2) is 13.4 Å². The molecule has 9 nitrogen and oxygen atoms in total. The number of fused-ring (bicyclic) bond motifs is 1. The number of carbonyl (C=O) groups excluding carboxylic acids is 1. The van der Waals surface area contributed by atoms with E-state index in [4.69, 9.17) is 4.74 Å². The summed E-state index contributed by atoms with van der Waals surface area (Å²) >= 11 is 1.18. The highest BCUT2D eigenvalue weighted by molar-refractivity contribution is 7.89. The van der Waals surface area contributed by atoms with Crippen molar-refractivity contribution in [1.82, 2.24) is 19.2 Å². The average molecular weight is 505 g/mol. The zero-order valence-corrected chi connectivity index (χ0v) is 21.0. The van der Waals surface area contributed by atoms with Crippen LogP contribution in [0.25, 0.3) is 10.2 Å². The lowest BCUT2D eigenvalue weighted by Gasteiger charge is -2.29. The van der Waals surface area contributed by atoms with Crippen LogP contribution >= 0.6 is 11.3 Å². The second-order valence-electron chi connectivity index (χ2n) is 8.52. The quantitative estimate of drug-likeness (QED) is 0.529. The lowest BCUT2D eigenvalue weighted by Crippen LogP contribution is -2.38. The predicted octanol–water partition coefficient (Wildman–Crippen LogP) is 2.51. The molecule has 0 radical (unpaired) electrons. The maximum Gasteiger partial charge on any atom is 0.263 e. The molecule has 1 aliphatic rings. The van der Waals surface area contributed by atoms with E-state index in [1.165, 1.54) is 22.0 Å². The first-order valence-corrected chi connectivity index (χ1v) is 13.3. The Morgan fingerprint density at radius 2 is 1.97 bits per heavy atom. The van der Waals surface area contributed by atoms with Crippen molar-refractivity contribution >= 4 is 37.5 Å². The van der Waals surface area contributed by atoms with Gasteiger partial charge >= 0.3 is 0 Å². The van der Waals surface area contributed by atoms with Gasteiger partial charge in [-0.15, -0.1) is 11.3 Å². The van der Waals surface area contributed by atoms with E-state index in [0.717, 1.165) is 23.0 Å². The fourth-order valence-corrected chi connectivity index (χ4v) is 7.28. The minimum atomic E-state index is -3.85. The van der Waals surface area contributed by atoms with Gasteiger partial charge in [0.15, 0.2) is 0 Å². The summed E-state index contributed by atoms with van der Waals surface area (Å²) in [5, 5.41) is 2.83. The summed E-state index contributed by atoms with van der Waals surface area (Å²) in [6.45, 7) is 4.62. The molecule has 34 heavy (non-hydrogen) atoms. The molecule has 1 N–H and O–H groups in total. The van der Waals surface area contributed by atoms with E-state index in [1.54, 1.807) is 20.1 Å². The van der Waals surface area contributed by atoms with Crippen molar-refractivity contribution in [3.05, 3.63) is 51.4 Å². The molecule has 1 saturated heterocycles. The number of ether oxygens (including phenoxy) is 1. The molecule has 1 aliphatic heterocycles. The van der Waals surface area contributed by atoms with Crippen molar-refractivity contribution in [3.63, 3.8) is 0 Å². The van der Waals surface area contributed by atoms with Crippen molar-refractivity contribution in [2.45, 2.75) is 44.7 Å². The number of sulfonamides is 1. The Hall–Kier alpha value is -2.76. The maximum absolute atomic E-state index is 13.5. The average Bonchev–Trinajstić information content (AvgIpc) is 3.17. The number of thiophene rings is 1. The van der Waals surface area contributed by atoms with Crippen molar-refractivity contribution in [1.29, 1.82) is 0 Å². The summed E-state index contributed by atoms with van der Waals surface area (Å²) in [5.74, 6) is 0.731. The molecule has 1 aromatic carbocycles. The number of aromatic nitrogens is 2. The minimum absolute atomic E-state index is 0.0170. The van der Waals surface area contributed by atoms with Crippen LogP contribution in [-0.2, 0) is 27.9 Å². The smallest absolute Gasteiger partial charge is 0.263 e. The number of para-hydroxylation sites is 1. The van der Waals surface area contributed by atoms with Gasteiger partial charge in [0.1, 0.15) is 22.0 Å². The van der Waals surface area contributed by atoms with Gasteiger partial charge in [0, 0.05) is 30.1 Å². The SMILES string of the molecule is COc1ccccc1CNC(=O)Cn1cnc2sc(C)c(S(=O)(=O)N3CCC(C)CC3)c2c1=O. The third-order valence-electron chi connectivity index (χ3n) is 6.12. The number of carbonyl (C=O) groups is 1. The lowest BCUT2D eigenvalue weighted by atomic mass is 10.0. The summed E-state index contributed by atoms with van der Waals surface area (Å²) in [5.41, 5.74) is 0.266. The normalized spacial score (nSPS) is 15.5. The Labute approximate surface area is 202 Å². The zero-order valence-electron chi connectivity index (χ0n) is 19.4. The van der Waals surface area contributed by atoms with Crippen LogP contribution in [-0.4, -0.2) is 48.4 Å². The molecule has 3 aromatic rings. The number of nitrogens with one attached hydrogen (secondary N) is 1. The molecule has 2 aromatic heterocycles. The number of hydrogen-bond donors (Lipinski definition) is 1. The molecule has 4 rings (SSSR count). The van der Waals surface area contributed by atoms with E-state index in [2.05, 4.69) is 17.2 Å². The zero-order chi connectivity index (χ0) is 24.5. The summed E-state index contributed by atoms with van der Waals surface area (Å²) in [6.07, 6.45) is 2.87. The van der Waals surface area contributed by atoms with E-state index >= 15 is 0 Å². The molecule has 182 valence electrons. The fourth-order valence-electron chi connectivity index (χ4n) is 4.14. The topological polar surface area (TPSA) is 111 Å². The Balaban J connectivity index is 1.60. The van der Waals surface area contributed by atoms with Crippen molar-refractivity contribution < 1.29 is 17.9 Å². The molecule has 0 unspecified atom stereocenters. The monoisotopic (exact) mass is 504 g/mol.